The number of β-amino-alcohol motifs (C(OH)–C–C–N with tert-alkyl or cyclic N) is 1. The van der Waals surface area contributed by atoms with Crippen LogP contribution in [0.2, 0.25) is 0 Å². The second-order valence-electron chi connectivity index (χ2n) is 7.33. The highest BCUT2D eigenvalue weighted by molar-refractivity contribution is 5.94. The van der Waals surface area contributed by atoms with Gasteiger partial charge in [0.1, 0.15) is 17.3 Å². The minimum atomic E-state index is -0.386. The lowest BCUT2D eigenvalue weighted by molar-refractivity contribution is 0.0926. The van der Waals surface area contributed by atoms with Gasteiger partial charge in [0.25, 0.3) is 5.91 Å². The molecule has 2 aliphatic rings. The molecule has 2 fully saturated rings. The summed E-state index contributed by atoms with van der Waals surface area (Å²) in [4.78, 5) is 18.9. The van der Waals surface area contributed by atoms with Crippen molar-refractivity contribution in [1.29, 1.82) is 0 Å². The topological polar surface area (TPSA) is 74.7 Å². The summed E-state index contributed by atoms with van der Waals surface area (Å²) in [6.07, 6.45) is 3.46. The van der Waals surface area contributed by atoms with Gasteiger partial charge >= 0.3 is 0 Å². The summed E-state index contributed by atoms with van der Waals surface area (Å²) in [7, 11) is 1.55. The fourth-order valence-electron chi connectivity index (χ4n) is 3.46. The molecule has 27 heavy (non-hydrogen) atoms. The summed E-state index contributed by atoms with van der Waals surface area (Å²) in [6, 6.07) is 7.99. The predicted molar refractivity (Wildman–Crippen MR) is 98.5 cm³/mol. The molecule has 6 nitrogen and oxygen atoms in total. The molecule has 0 spiro atoms. The number of carbonyl (C=O) groups is 1. The van der Waals surface area contributed by atoms with E-state index in [-0.39, 0.29) is 23.4 Å². The van der Waals surface area contributed by atoms with Crippen LogP contribution in [0.15, 0.2) is 36.5 Å². The summed E-state index contributed by atoms with van der Waals surface area (Å²) in [5.41, 5.74) is 1.57. The molecule has 0 bridgehead atoms. The number of aliphatic hydroxyl groups is 1. The number of halogens is 1. The molecule has 1 aliphatic carbocycles. The second-order valence-corrected chi connectivity index (χ2v) is 7.33. The minimum Gasteiger partial charge on any atom is -0.496 e. The summed E-state index contributed by atoms with van der Waals surface area (Å²) in [5, 5.41) is 12.5. The van der Waals surface area contributed by atoms with E-state index in [1.165, 1.54) is 12.1 Å². The Kier molecular flexibility index (Phi) is 4.47. The number of rotatable bonds is 6. The fraction of sp³-hybridized carbons (Fsp3) is 0.400. The third-order valence-electron chi connectivity index (χ3n) is 5.21. The third-order valence-corrected chi connectivity index (χ3v) is 5.21. The number of carbonyl (C=O) groups excluding carboxylic acids is 1. The Morgan fingerprint density at radius 2 is 2.15 bits per heavy atom. The van der Waals surface area contributed by atoms with Gasteiger partial charge in [0.2, 0.25) is 0 Å². The summed E-state index contributed by atoms with van der Waals surface area (Å²) >= 11 is 0. The van der Waals surface area contributed by atoms with Crippen molar-refractivity contribution in [2.45, 2.75) is 30.9 Å². The van der Waals surface area contributed by atoms with Crippen molar-refractivity contribution >= 4 is 11.6 Å². The number of nitrogens with one attached hydrogen (secondary N) is 1. The van der Waals surface area contributed by atoms with Gasteiger partial charge in [-0.25, -0.2) is 4.39 Å². The first-order valence-electron chi connectivity index (χ1n) is 9.02. The largest absolute Gasteiger partial charge is 0.496 e. The van der Waals surface area contributed by atoms with Crippen LogP contribution in [0.1, 0.15) is 28.9 Å². The van der Waals surface area contributed by atoms with Gasteiger partial charge in [0.15, 0.2) is 0 Å². The number of amides is 1. The van der Waals surface area contributed by atoms with Gasteiger partial charge in [-0.05, 0) is 55.2 Å². The van der Waals surface area contributed by atoms with E-state index in [1.54, 1.807) is 25.4 Å². The summed E-state index contributed by atoms with van der Waals surface area (Å²) in [5.74, 6) is 0.0539. The van der Waals surface area contributed by atoms with E-state index in [1.807, 2.05) is 11.0 Å². The molecule has 2 aromatic rings. The number of ether oxygens (including phenoxy) is 1. The highest BCUT2D eigenvalue weighted by Crippen LogP contribution is 2.40. The third kappa shape index (κ3) is 3.73. The molecule has 0 radical (unpaired) electrons. The molecule has 2 heterocycles. The number of aromatic nitrogens is 1. The number of hydrogen-bond donors (Lipinski definition) is 2. The standard InChI is InChI=1S/C20H22FN3O3/c1-27-18-3-2-14(21)8-13(18)10-20(5-6-20)23-19(26)17-9-15(4-7-22-17)24-11-16(25)12-24/h2-4,7-9,16,25H,5-6,10-12H2,1H3,(H,23,26). The van der Waals surface area contributed by atoms with Crippen molar-refractivity contribution < 1.29 is 19.0 Å². The first-order chi connectivity index (χ1) is 13.0. The normalized spacial score (nSPS) is 18.0. The Bertz CT molecular complexity index is 863. The van der Waals surface area contributed by atoms with Gasteiger partial charge in [-0.2, -0.15) is 0 Å². The minimum absolute atomic E-state index is 0.245. The molecule has 0 unspecified atom stereocenters. The number of anilines is 1. The van der Waals surface area contributed by atoms with E-state index in [4.69, 9.17) is 4.74 Å². The Balaban J connectivity index is 1.47. The molecule has 1 saturated carbocycles. The van der Waals surface area contributed by atoms with Crippen LogP contribution in [-0.2, 0) is 6.42 Å². The van der Waals surface area contributed by atoms with Crippen molar-refractivity contribution in [1.82, 2.24) is 10.3 Å². The number of hydrogen-bond acceptors (Lipinski definition) is 5. The van der Waals surface area contributed by atoms with Crippen molar-refractivity contribution in [3.8, 4) is 5.75 Å². The zero-order valence-electron chi connectivity index (χ0n) is 15.1. The molecule has 1 aliphatic heterocycles. The van der Waals surface area contributed by atoms with Crippen molar-refractivity contribution in [2.24, 2.45) is 0 Å². The maximum Gasteiger partial charge on any atom is 0.270 e. The molecule has 1 aromatic carbocycles. The van der Waals surface area contributed by atoms with Crippen LogP contribution in [-0.4, -0.2) is 47.8 Å². The van der Waals surface area contributed by atoms with Crippen LogP contribution < -0.4 is 15.0 Å². The molecule has 4 rings (SSSR count). The number of benzene rings is 1. The van der Waals surface area contributed by atoms with Crippen molar-refractivity contribution in [2.75, 3.05) is 25.1 Å². The SMILES string of the molecule is COc1ccc(F)cc1CC1(NC(=O)c2cc(N3CC(O)C3)ccn2)CC1. The number of pyridine rings is 1. The van der Waals surface area contributed by atoms with Crippen LogP contribution in [0.25, 0.3) is 0 Å². The Morgan fingerprint density at radius 3 is 2.81 bits per heavy atom. The highest BCUT2D eigenvalue weighted by Gasteiger charge is 2.45. The molecule has 7 heteroatoms. The van der Waals surface area contributed by atoms with Gasteiger partial charge < -0.3 is 20.1 Å². The number of nitrogens with zero attached hydrogens (tertiary/aromatic N) is 2. The van der Waals surface area contributed by atoms with Crippen LogP contribution in [0, 0.1) is 5.82 Å². The van der Waals surface area contributed by atoms with Gasteiger partial charge in [-0.15, -0.1) is 0 Å². The van der Waals surface area contributed by atoms with Crippen LogP contribution in [0.3, 0.4) is 0 Å². The van der Waals surface area contributed by atoms with Gasteiger partial charge in [-0.1, -0.05) is 0 Å². The quantitative estimate of drug-likeness (QED) is 0.812. The fourth-order valence-corrected chi connectivity index (χ4v) is 3.46. The molecule has 0 atom stereocenters. The van der Waals surface area contributed by atoms with Crippen molar-refractivity contribution in [3.05, 3.63) is 53.6 Å². The van der Waals surface area contributed by atoms with Crippen LogP contribution in [0.4, 0.5) is 10.1 Å². The van der Waals surface area contributed by atoms with E-state index >= 15 is 0 Å². The van der Waals surface area contributed by atoms with E-state index in [9.17, 15) is 14.3 Å². The Labute approximate surface area is 157 Å². The second kappa shape index (κ2) is 6.81. The Morgan fingerprint density at radius 1 is 1.37 bits per heavy atom. The molecule has 1 amide bonds. The average Bonchev–Trinajstić information content (AvgIpc) is 3.38. The van der Waals surface area contributed by atoms with Crippen LogP contribution in [0.5, 0.6) is 5.75 Å². The maximum atomic E-state index is 13.6. The lowest BCUT2D eigenvalue weighted by atomic mass is 10.0. The lowest BCUT2D eigenvalue weighted by Gasteiger charge is -2.37. The van der Waals surface area contributed by atoms with Crippen molar-refractivity contribution in [3.63, 3.8) is 0 Å². The number of methoxy groups -OCH3 is 1. The molecular weight excluding hydrogens is 349 g/mol. The predicted octanol–water partition coefficient (Wildman–Crippen LogP) is 1.92. The van der Waals surface area contributed by atoms with Gasteiger partial charge in [-0.3, -0.25) is 9.78 Å². The smallest absolute Gasteiger partial charge is 0.270 e. The van der Waals surface area contributed by atoms with E-state index in [0.717, 1.165) is 24.1 Å². The lowest BCUT2D eigenvalue weighted by Crippen LogP contribution is -2.50. The van der Waals surface area contributed by atoms with E-state index in [0.29, 0.717) is 31.0 Å². The van der Waals surface area contributed by atoms with Gasteiger partial charge in [0.05, 0.1) is 13.2 Å². The zero-order chi connectivity index (χ0) is 19.0. The summed E-state index contributed by atoms with van der Waals surface area (Å²) in [6.45, 7) is 1.13. The Hall–Kier alpha value is -2.67. The molecule has 142 valence electrons. The monoisotopic (exact) mass is 371 g/mol. The molecule has 1 aromatic heterocycles. The zero-order valence-corrected chi connectivity index (χ0v) is 15.1. The molecule has 1 saturated heterocycles. The van der Waals surface area contributed by atoms with Gasteiger partial charge in [0, 0.05) is 30.5 Å². The van der Waals surface area contributed by atoms with E-state index < -0.39 is 0 Å². The molecular formula is C20H22FN3O3. The van der Waals surface area contributed by atoms with E-state index in [2.05, 4.69) is 10.3 Å². The maximum absolute atomic E-state index is 13.6. The first-order valence-corrected chi connectivity index (χ1v) is 9.02. The van der Waals surface area contributed by atoms with Crippen LogP contribution >= 0.6 is 0 Å². The first kappa shape index (κ1) is 17.7. The highest BCUT2D eigenvalue weighted by atomic mass is 19.1. The summed E-state index contributed by atoms with van der Waals surface area (Å²) < 4.78 is 18.9. The average molecular weight is 371 g/mol. The number of aliphatic hydroxyl groups excluding tert-OH is 1. The molecule has 2 N–H and O–H groups in total.